The van der Waals surface area contributed by atoms with E-state index in [1.54, 1.807) is 13.1 Å². The lowest BCUT2D eigenvalue weighted by Crippen LogP contribution is -2.20. The second-order valence-electron chi connectivity index (χ2n) is 4.47. The third-order valence-electron chi connectivity index (χ3n) is 3.34. The van der Waals surface area contributed by atoms with Crippen LogP contribution in [0.5, 0.6) is 0 Å². The lowest BCUT2D eigenvalue weighted by Gasteiger charge is -2.17. The molecule has 0 saturated carbocycles. The van der Waals surface area contributed by atoms with Gasteiger partial charge in [0.15, 0.2) is 5.78 Å². The first-order valence-electron chi connectivity index (χ1n) is 5.92. The Morgan fingerprint density at radius 1 is 1.56 bits per heavy atom. The van der Waals surface area contributed by atoms with E-state index >= 15 is 0 Å². The molecule has 2 heterocycles. The Morgan fingerprint density at radius 3 is 2.88 bits per heavy atom. The van der Waals surface area contributed by atoms with E-state index in [4.69, 9.17) is 0 Å². The van der Waals surface area contributed by atoms with E-state index in [0.29, 0.717) is 5.56 Å². The predicted molar refractivity (Wildman–Crippen MR) is 64.9 cm³/mol. The number of pyridine rings is 1. The molecular formula is C13H18N2O. The van der Waals surface area contributed by atoms with Crippen molar-refractivity contribution in [1.29, 1.82) is 0 Å². The summed E-state index contributed by atoms with van der Waals surface area (Å²) in [5, 5.41) is 0. The van der Waals surface area contributed by atoms with Crippen LogP contribution in [-0.4, -0.2) is 23.9 Å². The van der Waals surface area contributed by atoms with Crippen molar-refractivity contribution in [3.8, 4) is 0 Å². The van der Waals surface area contributed by atoms with Gasteiger partial charge in [0.1, 0.15) is 5.82 Å². The minimum Gasteiger partial charge on any atom is -0.356 e. The van der Waals surface area contributed by atoms with E-state index in [2.05, 4.69) is 16.8 Å². The molecule has 1 aliphatic heterocycles. The van der Waals surface area contributed by atoms with E-state index in [9.17, 15) is 4.79 Å². The van der Waals surface area contributed by atoms with E-state index in [1.807, 2.05) is 12.1 Å². The zero-order valence-electron chi connectivity index (χ0n) is 9.94. The maximum Gasteiger partial charge on any atom is 0.161 e. The highest BCUT2D eigenvalue weighted by Gasteiger charge is 2.21. The number of hydrogen-bond donors (Lipinski definition) is 0. The molecule has 0 aromatic carbocycles. The van der Waals surface area contributed by atoms with Crippen molar-refractivity contribution in [3.05, 3.63) is 23.9 Å². The maximum atomic E-state index is 11.1. The molecule has 86 valence electrons. The Balaban J connectivity index is 2.08. The van der Waals surface area contributed by atoms with Gasteiger partial charge in [-0.3, -0.25) is 4.79 Å². The predicted octanol–water partition coefficient (Wildman–Crippen LogP) is 2.52. The van der Waals surface area contributed by atoms with Gasteiger partial charge in [-0.05, 0) is 31.4 Å². The Kier molecular flexibility index (Phi) is 3.22. The summed E-state index contributed by atoms with van der Waals surface area (Å²) in [6.45, 7) is 5.99. The van der Waals surface area contributed by atoms with Crippen LogP contribution in [0.4, 0.5) is 5.82 Å². The molecule has 2 rings (SSSR count). The molecule has 1 atom stereocenters. The van der Waals surface area contributed by atoms with Gasteiger partial charge in [0, 0.05) is 24.8 Å². The Bertz CT molecular complexity index is 372. The summed E-state index contributed by atoms with van der Waals surface area (Å²) < 4.78 is 0. The SMILES string of the molecule is CCC1CCN(c2ccc(C(C)=O)cn2)C1. The van der Waals surface area contributed by atoms with Crippen LogP contribution in [-0.2, 0) is 0 Å². The zero-order chi connectivity index (χ0) is 11.5. The van der Waals surface area contributed by atoms with Crippen LogP contribution < -0.4 is 4.90 Å². The van der Waals surface area contributed by atoms with Crippen molar-refractivity contribution >= 4 is 11.6 Å². The number of carbonyl (C=O) groups excluding carboxylic acids is 1. The van der Waals surface area contributed by atoms with Crippen molar-refractivity contribution in [3.63, 3.8) is 0 Å². The van der Waals surface area contributed by atoms with E-state index in [-0.39, 0.29) is 5.78 Å². The van der Waals surface area contributed by atoms with Gasteiger partial charge in [0.2, 0.25) is 0 Å². The molecule has 1 aromatic rings. The monoisotopic (exact) mass is 218 g/mol. The van der Waals surface area contributed by atoms with Gasteiger partial charge in [0.05, 0.1) is 0 Å². The van der Waals surface area contributed by atoms with Crippen molar-refractivity contribution < 1.29 is 4.79 Å². The smallest absolute Gasteiger partial charge is 0.161 e. The number of nitrogens with zero attached hydrogens (tertiary/aromatic N) is 2. The lowest BCUT2D eigenvalue weighted by atomic mass is 10.1. The molecule has 1 aromatic heterocycles. The summed E-state index contributed by atoms with van der Waals surface area (Å²) in [7, 11) is 0. The van der Waals surface area contributed by atoms with Gasteiger partial charge in [0.25, 0.3) is 0 Å². The molecule has 3 nitrogen and oxygen atoms in total. The normalized spacial score (nSPS) is 20.1. The molecule has 1 saturated heterocycles. The molecule has 0 radical (unpaired) electrons. The molecule has 0 amide bonds. The topological polar surface area (TPSA) is 33.2 Å². The van der Waals surface area contributed by atoms with Gasteiger partial charge < -0.3 is 4.90 Å². The first-order chi connectivity index (χ1) is 7.70. The van der Waals surface area contributed by atoms with Gasteiger partial charge in [-0.15, -0.1) is 0 Å². The van der Waals surface area contributed by atoms with Crippen molar-refractivity contribution in [2.24, 2.45) is 5.92 Å². The number of anilines is 1. The number of Topliss-reactive ketones (excluding diaryl/α,β-unsaturated/α-hetero) is 1. The highest BCUT2D eigenvalue weighted by Crippen LogP contribution is 2.23. The van der Waals surface area contributed by atoms with Gasteiger partial charge in [-0.2, -0.15) is 0 Å². The summed E-state index contributed by atoms with van der Waals surface area (Å²) in [5.74, 6) is 1.88. The average Bonchev–Trinajstić information content (AvgIpc) is 2.77. The molecule has 1 aliphatic rings. The number of rotatable bonds is 3. The third kappa shape index (κ3) is 2.23. The Hall–Kier alpha value is -1.38. The Labute approximate surface area is 96.5 Å². The minimum atomic E-state index is 0.0758. The fourth-order valence-electron chi connectivity index (χ4n) is 2.16. The maximum absolute atomic E-state index is 11.1. The second kappa shape index (κ2) is 4.64. The molecule has 0 spiro atoms. The average molecular weight is 218 g/mol. The first kappa shape index (κ1) is 11.1. The molecule has 0 N–H and O–H groups in total. The molecule has 16 heavy (non-hydrogen) atoms. The minimum absolute atomic E-state index is 0.0758. The van der Waals surface area contributed by atoms with E-state index in [1.165, 1.54) is 12.8 Å². The van der Waals surface area contributed by atoms with E-state index < -0.39 is 0 Å². The standard InChI is InChI=1S/C13H18N2O/c1-3-11-6-7-15(9-11)13-5-4-12(8-14-13)10(2)16/h4-5,8,11H,3,6-7,9H2,1-2H3. The van der Waals surface area contributed by atoms with E-state index in [0.717, 1.165) is 24.8 Å². The van der Waals surface area contributed by atoms with Crippen molar-refractivity contribution in [1.82, 2.24) is 4.98 Å². The Morgan fingerprint density at radius 2 is 2.38 bits per heavy atom. The first-order valence-corrected chi connectivity index (χ1v) is 5.92. The fourth-order valence-corrected chi connectivity index (χ4v) is 2.16. The number of aromatic nitrogens is 1. The number of carbonyl (C=O) groups is 1. The largest absolute Gasteiger partial charge is 0.356 e. The van der Waals surface area contributed by atoms with Crippen LogP contribution in [0.2, 0.25) is 0 Å². The third-order valence-corrected chi connectivity index (χ3v) is 3.34. The highest BCUT2D eigenvalue weighted by atomic mass is 16.1. The van der Waals surface area contributed by atoms with Crippen molar-refractivity contribution in [2.45, 2.75) is 26.7 Å². The van der Waals surface area contributed by atoms with Crippen molar-refractivity contribution in [2.75, 3.05) is 18.0 Å². The van der Waals surface area contributed by atoms with Crippen LogP contribution >= 0.6 is 0 Å². The molecule has 1 unspecified atom stereocenters. The van der Waals surface area contributed by atoms with Gasteiger partial charge in [-0.25, -0.2) is 4.98 Å². The summed E-state index contributed by atoms with van der Waals surface area (Å²) in [6.07, 6.45) is 4.17. The quantitative estimate of drug-likeness (QED) is 0.731. The zero-order valence-corrected chi connectivity index (χ0v) is 9.94. The van der Waals surface area contributed by atoms with Crippen LogP contribution in [0, 0.1) is 5.92 Å². The second-order valence-corrected chi connectivity index (χ2v) is 4.47. The van der Waals surface area contributed by atoms with Gasteiger partial charge in [-0.1, -0.05) is 13.3 Å². The lowest BCUT2D eigenvalue weighted by molar-refractivity contribution is 0.101. The van der Waals surface area contributed by atoms with Crippen LogP contribution in [0.15, 0.2) is 18.3 Å². The molecular weight excluding hydrogens is 200 g/mol. The molecule has 3 heteroatoms. The summed E-state index contributed by atoms with van der Waals surface area (Å²) >= 11 is 0. The number of hydrogen-bond acceptors (Lipinski definition) is 3. The molecule has 0 bridgehead atoms. The van der Waals surface area contributed by atoms with Crippen LogP contribution in [0.25, 0.3) is 0 Å². The highest BCUT2D eigenvalue weighted by molar-refractivity contribution is 5.93. The summed E-state index contributed by atoms with van der Waals surface area (Å²) in [5.41, 5.74) is 0.690. The summed E-state index contributed by atoms with van der Waals surface area (Å²) in [4.78, 5) is 17.8. The summed E-state index contributed by atoms with van der Waals surface area (Å²) in [6, 6.07) is 3.82. The van der Waals surface area contributed by atoms with Crippen LogP contribution in [0.1, 0.15) is 37.0 Å². The van der Waals surface area contributed by atoms with Gasteiger partial charge >= 0.3 is 0 Å². The van der Waals surface area contributed by atoms with Crippen LogP contribution in [0.3, 0.4) is 0 Å². The fraction of sp³-hybridized carbons (Fsp3) is 0.538. The molecule has 0 aliphatic carbocycles. The number of ketones is 1. The molecule has 1 fully saturated rings.